The first-order valence-electron chi connectivity index (χ1n) is 11.4. The highest BCUT2D eigenvalue weighted by atomic mass is 15.2. The molecule has 0 aromatic heterocycles. The number of benzene rings is 2. The van der Waals surface area contributed by atoms with Crippen molar-refractivity contribution in [3.8, 4) is 0 Å². The first kappa shape index (κ1) is 25.6. The van der Waals surface area contributed by atoms with Crippen LogP contribution in [0.25, 0.3) is 0 Å². The molecule has 0 heterocycles. The van der Waals surface area contributed by atoms with Crippen molar-refractivity contribution in [3.05, 3.63) is 82.9 Å². The molecule has 0 amide bonds. The van der Waals surface area contributed by atoms with Crippen LogP contribution in [0, 0.1) is 5.41 Å². The first-order chi connectivity index (χ1) is 14.7. The summed E-state index contributed by atoms with van der Waals surface area (Å²) in [7, 11) is 2.05. The summed E-state index contributed by atoms with van der Waals surface area (Å²) in [5.74, 6) is 1.06. The Labute approximate surface area is 195 Å². The van der Waals surface area contributed by atoms with E-state index in [9.17, 15) is 0 Å². The zero-order chi connectivity index (χ0) is 24.3. The van der Waals surface area contributed by atoms with E-state index in [-0.39, 0.29) is 22.2 Å². The third kappa shape index (κ3) is 6.18. The van der Waals surface area contributed by atoms with E-state index in [0.717, 1.165) is 17.0 Å². The van der Waals surface area contributed by atoms with E-state index in [1.165, 1.54) is 11.1 Å². The van der Waals surface area contributed by atoms with Crippen LogP contribution in [0.1, 0.15) is 84.6 Å². The molecule has 1 N–H and O–H groups in total. The third-order valence-electron chi connectivity index (χ3n) is 6.01. The van der Waals surface area contributed by atoms with Gasteiger partial charge in [-0.2, -0.15) is 0 Å². The molecule has 2 rings (SSSR count). The summed E-state index contributed by atoms with van der Waals surface area (Å²) < 4.78 is 0. The highest BCUT2D eigenvalue weighted by Crippen LogP contribution is 2.25. The van der Waals surface area contributed by atoms with Gasteiger partial charge in [0.1, 0.15) is 5.84 Å². The quantitative estimate of drug-likeness (QED) is 0.307. The molecule has 0 saturated heterocycles. The molecule has 32 heavy (non-hydrogen) atoms. The number of nitrogens with one attached hydrogen (secondary N) is 1. The number of amidine groups is 2. The largest absolute Gasteiger partial charge is 0.351 e. The number of nitrogens with zero attached hydrogens (tertiary/aromatic N) is 2. The fourth-order valence-corrected chi connectivity index (χ4v) is 3.54. The van der Waals surface area contributed by atoms with Gasteiger partial charge in [-0.15, -0.1) is 0 Å². The van der Waals surface area contributed by atoms with Crippen molar-refractivity contribution in [2.45, 2.75) is 78.7 Å². The molecule has 2 aromatic carbocycles. The summed E-state index contributed by atoms with van der Waals surface area (Å²) >= 11 is 0. The molecule has 0 atom stereocenters. The van der Waals surface area contributed by atoms with Gasteiger partial charge in [0, 0.05) is 18.2 Å². The zero-order valence-electron chi connectivity index (χ0n) is 21.7. The van der Waals surface area contributed by atoms with Gasteiger partial charge in [0.15, 0.2) is 5.84 Å². The van der Waals surface area contributed by atoms with Crippen LogP contribution in [0.3, 0.4) is 0 Å². The Morgan fingerprint density at radius 2 is 1.16 bits per heavy atom. The van der Waals surface area contributed by atoms with Crippen molar-refractivity contribution in [1.29, 1.82) is 5.41 Å². The lowest BCUT2D eigenvalue weighted by Gasteiger charge is -2.36. The van der Waals surface area contributed by atoms with Gasteiger partial charge in [0.05, 0.1) is 5.54 Å². The van der Waals surface area contributed by atoms with Gasteiger partial charge in [0.2, 0.25) is 0 Å². The molecule has 0 spiro atoms. The second kappa shape index (κ2) is 9.44. The first-order valence-corrected chi connectivity index (χ1v) is 11.4. The summed E-state index contributed by atoms with van der Waals surface area (Å²) in [6.07, 6.45) is 4.22. The molecule has 2 aromatic rings. The molecule has 0 fully saturated rings. The van der Waals surface area contributed by atoms with Crippen LogP contribution in [0.5, 0.6) is 0 Å². The number of allylic oxidation sites excluding steroid dienone is 1. The SMILES string of the molecule is C/C=C\C(C)(C)N(C)C(=NC(=N)c1ccc(C(C)(C)C)cc1)c1ccc(C(C)(C)C)cc1. The molecule has 0 bridgehead atoms. The maximum Gasteiger partial charge on any atom is 0.154 e. The second-order valence-electron chi connectivity index (χ2n) is 11.2. The molecular weight excluding hydrogens is 390 g/mol. The Kier molecular flexibility index (Phi) is 7.55. The van der Waals surface area contributed by atoms with Gasteiger partial charge in [-0.3, -0.25) is 5.41 Å². The maximum absolute atomic E-state index is 8.74. The van der Waals surface area contributed by atoms with Crippen LogP contribution >= 0.6 is 0 Å². The minimum atomic E-state index is -0.243. The number of hydrogen-bond acceptors (Lipinski definition) is 1. The van der Waals surface area contributed by atoms with Crippen molar-refractivity contribution < 1.29 is 0 Å². The van der Waals surface area contributed by atoms with E-state index in [2.05, 4.69) is 109 Å². The van der Waals surface area contributed by atoms with Gasteiger partial charge >= 0.3 is 0 Å². The predicted molar refractivity (Wildman–Crippen MR) is 140 cm³/mol. The van der Waals surface area contributed by atoms with E-state index >= 15 is 0 Å². The highest BCUT2D eigenvalue weighted by molar-refractivity contribution is 6.10. The number of hydrogen-bond donors (Lipinski definition) is 1. The van der Waals surface area contributed by atoms with Crippen molar-refractivity contribution in [2.75, 3.05) is 7.05 Å². The lowest BCUT2D eigenvalue weighted by atomic mass is 9.86. The lowest BCUT2D eigenvalue weighted by Crippen LogP contribution is -2.44. The standard InChI is InChI=1S/C29H41N3/c1-11-20-29(8,9)32(10)26(22-14-18-24(19-15-22)28(5,6)7)31-25(30)21-12-16-23(17-13-21)27(2,3)4/h11-20,30H,1-10H3/b20-11-,30-25?,31-26?. The molecule has 0 aliphatic rings. The molecule has 172 valence electrons. The molecule has 0 aliphatic carbocycles. The molecule has 0 aliphatic heterocycles. The average Bonchev–Trinajstić information content (AvgIpc) is 2.70. The molecule has 0 unspecified atom stereocenters. The third-order valence-corrected chi connectivity index (χ3v) is 6.01. The second-order valence-corrected chi connectivity index (χ2v) is 11.2. The molecule has 3 nitrogen and oxygen atoms in total. The fraction of sp³-hybridized carbons (Fsp3) is 0.448. The minimum absolute atomic E-state index is 0.0840. The summed E-state index contributed by atoms with van der Waals surface area (Å²) in [6, 6.07) is 16.8. The number of rotatable bonds is 4. The normalized spacial score (nSPS) is 13.5. The van der Waals surface area contributed by atoms with Crippen LogP contribution in [-0.4, -0.2) is 29.2 Å². The maximum atomic E-state index is 8.74. The Hall–Kier alpha value is -2.68. The summed E-state index contributed by atoms with van der Waals surface area (Å²) in [5, 5.41) is 8.74. The van der Waals surface area contributed by atoms with Gasteiger partial charge in [-0.05, 0) is 42.7 Å². The van der Waals surface area contributed by atoms with E-state index in [1.807, 2.05) is 26.1 Å². The van der Waals surface area contributed by atoms with E-state index < -0.39 is 0 Å². The smallest absolute Gasteiger partial charge is 0.154 e. The molecule has 3 heteroatoms. The average molecular weight is 432 g/mol. The van der Waals surface area contributed by atoms with Crippen molar-refractivity contribution in [2.24, 2.45) is 4.99 Å². The summed E-state index contributed by atoms with van der Waals surface area (Å²) in [4.78, 5) is 6.99. The van der Waals surface area contributed by atoms with E-state index in [1.54, 1.807) is 0 Å². The Morgan fingerprint density at radius 1 is 0.750 bits per heavy atom. The number of aliphatic imine (C=N–C) groups is 1. The van der Waals surface area contributed by atoms with Crippen LogP contribution in [0.15, 0.2) is 65.7 Å². The van der Waals surface area contributed by atoms with Crippen molar-refractivity contribution in [1.82, 2.24) is 4.90 Å². The van der Waals surface area contributed by atoms with Gasteiger partial charge in [-0.1, -0.05) is 102 Å². The van der Waals surface area contributed by atoms with Gasteiger partial charge in [-0.25, -0.2) is 4.99 Å². The summed E-state index contributed by atoms with van der Waals surface area (Å²) in [5.41, 5.74) is 4.29. The highest BCUT2D eigenvalue weighted by Gasteiger charge is 2.25. The molecule has 0 saturated carbocycles. The monoisotopic (exact) mass is 431 g/mol. The number of likely N-dealkylation sites (N-methyl/N-ethyl adjacent to an activating group) is 1. The fourth-order valence-electron chi connectivity index (χ4n) is 3.54. The lowest BCUT2D eigenvalue weighted by molar-refractivity contribution is 0.322. The Bertz CT molecular complexity index is 977. The van der Waals surface area contributed by atoms with Crippen LogP contribution in [0.4, 0.5) is 0 Å². The van der Waals surface area contributed by atoms with Crippen molar-refractivity contribution in [3.63, 3.8) is 0 Å². The van der Waals surface area contributed by atoms with E-state index in [0.29, 0.717) is 0 Å². The Balaban J connectivity index is 2.52. The summed E-state index contributed by atoms with van der Waals surface area (Å²) in [6.45, 7) is 19.6. The van der Waals surface area contributed by atoms with Gasteiger partial charge in [0.25, 0.3) is 0 Å². The predicted octanol–water partition coefficient (Wildman–Crippen LogP) is 7.34. The Morgan fingerprint density at radius 3 is 1.53 bits per heavy atom. The minimum Gasteiger partial charge on any atom is -0.351 e. The van der Waals surface area contributed by atoms with Crippen LogP contribution in [0.2, 0.25) is 0 Å². The molecule has 0 radical (unpaired) electrons. The van der Waals surface area contributed by atoms with Gasteiger partial charge < -0.3 is 4.90 Å². The van der Waals surface area contributed by atoms with Crippen LogP contribution in [-0.2, 0) is 10.8 Å². The van der Waals surface area contributed by atoms with Crippen molar-refractivity contribution >= 4 is 11.7 Å². The van der Waals surface area contributed by atoms with Crippen LogP contribution < -0.4 is 0 Å². The molecular formula is C29H41N3. The topological polar surface area (TPSA) is 39.5 Å². The zero-order valence-corrected chi connectivity index (χ0v) is 21.7. The van der Waals surface area contributed by atoms with E-state index in [4.69, 9.17) is 10.4 Å².